The van der Waals surface area contributed by atoms with E-state index in [2.05, 4.69) is 27.8 Å². The monoisotopic (exact) mass is 488 g/mol. The molecule has 0 unspecified atom stereocenters. The maximum atomic E-state index is 13.3. The van der Waals surface area contributed by atoms with Crippen molar-refractivity contribution in [3.05, 3.63) is 60.7 Å². The second kappa shape index (κ2) is 9.98. The van der Waals surface area contributed by atoms with Gasteiger partial charge in [0.1, 0.15) is 5.82 Å². The fraction of sp³-hybridized carbons (Fsp3) is 0.409. The number of hydrogen-bond acceptors (Lipinski definition) is 6. The van der Waals surface area contributed by atoms with Gasteiger partial charge in [-0.2, -0.15) is 0 Å². The Hall–Kier alpha value is -2.83. The second-order valence-electron chi connectivity index (χ2n) is 7.37. The van der Waals surface area contributed by atoms with E-state index >= 15 is 0 Å². The number of rotatable bonds is 5. The average molecular weight is 489 g/mol. The molecule has 0 aliphatic carbocycles. The molecule has 0 bridgehead atoms. The van der Waals surface area contributed by atoms with E-state index in [4.69, 9.17) is 10.5 Å². The summed E-state index contributed by atoms with van der Waals surface area (Å²) in [7, 11) is 1.30. The number of nitrogens with zero attached hydrogens (tertiary/aromatic N) is 3. The predicted molar refractivity (Wildman–Crippen MR) is 122 cm³/mol. The highest BCUT2D eigenvalue weighted by molar-refractivity contribution is 9.10. The molecule has 1 aromatic carbocycles. The van der Waals surface area contributed by atoms with E-state index in [1.807, 2.05) is 4.90 Å². The Kier molecular flexibility index (Phi) is 7.36. The van der Waals surface area contributed by atoms with Crippen LogP contribution in [0.1, 0.15) is 35.7 Å². The molecule has 1 saturated heterocycles. The number of benzene rings is 1. The summed E-state index contributed by atoms with van der Waals surface area (Å²) in [6, 6.07) is 6.37. The summed E-state index contributed by atoms with van der Waals surface area (Å²) in [6.07, 6.45) is 1.81. The van der Waals surface area contributed by atoms with Crippen molar-refractivity contribution in [1.29, 1.82) is 0 Å². The highest BCUT2D eigenvalue weighted by Crippen LogP contribution is 2.20. The number of ether oxygens (including phenoxy) is 1. The zero-order valence-corrected chi connectivity index (χ0v) is 19.1. The lowest BCUT2D eigenvalue weighted by atomic mass is 10.1. The fourth-order valence-electron chi connectivity index (χ4n) is 3.65. The Balaban J connectivity index is 2.08. The first kappa shape index (κ1) is 22.8. The molecule has 0 spiro atoms. The molecule has 1 fully saturated rings. The minimum Gasteiger partial charge on any atom is -0.465 e. The van der Waals surface area contributed by atoms with Crippen molar-refractivity contribution in [3.63, 3.8) is 0 Å². The third-order valence-electron chi connectivity index (χ3n) is 5.25. The second-order valence-corrected chi connectivity index (χ2v) is 8.22. The number of aromatic nitrogens is 2. The maximum absolute atomic E-state index is 13.3. The number of esters is 1. The Morgan fingerprint density at radius 1 is 1.29 bits per heavy atom. The molecule has 2 aromatic rings. The van der Waals surface area contributed by atoms with Gasteiger partial charge >= 0.3 is 11.7 Å². The van der Waals surface area contributed by atoms with Crippen molar-refractivity contribution in [2.45, 2.75) is 38.9 Å². The van der Waals surface area contributed by atoms with Crippen molar-refractivity contribution in [1.82, 2.24) is 9.13 Å². The Bertz CT molecular complexity index is 1160. The molecule has 8 nitrogen and oxygen atoms in total. The van der Waals surface area contributed by atoms with E-state index in [0.717, 1.165) is 24.0 Å². The first-order chi connectivity index (χ1) is 14.8. The van der Waals surface area contributed by atoms with Gasteiger partial charge in [-0.25, -0.2) is 9.59 Å². The summed E-state index contributed by atoms with van der Waals surface area (Å²) in [6.45, 7) is 3.17. The van der Waals surface area contributed by atoms with Crippen LogP contribution in [0, 0.1) is 11.8 Å². The molecule has 31 heavy (non-hydrogen) atoms. The molecule has 1 atom stereocenters. The number of anilines is 1. The molecule has 2 heterocycles. The summed E-state index contributed by atoms with van der Waals surface area (Å²) in [5.41, 5.74) is 6.18. The van der Waals surface area contributed by atoms with Gasteiger partial charge in [0.05, 0.1) is 25.8 Å². The normalized spacial score (nSPS) is 15.9. The smallest absolute Gasteiger partial charge is 0.337 e. The van der Waals surface area contributed by atoms with Crippen molar-refractivity contribution in [2.75, 3.05) is 25.1 Å². The highest BCUT2D eigenvalue weighted by Gasteiger charge is 2.22. The zero-order valence-electron chi connectivity index (χ0n) is 17.6. The lowest BCUT2D eigenvalue weighted by Crippen LogP contribution is -2.48. The lowest BCUT2D eigenvalue weighted by molar-refractivity contribution is 0.0600. The van der Waals surface area contributed by atoms with Gasteiger partial charge in [-0.1, -0.05) is 21.9 Å². The van der Waals surface area contributed by atoms with Crippen LogP contribution in [0.5, 0.6) is 0 Å². The average Bonchev–Trinajstić information content (AvgIpc) is 2.76. The van der Waals surface area contributed by atoms with E-state index in [1.165, 1.54) is 17.7 Å². The van der Waals surface area contributed by atoms with Gasteiger partial charge in [-0.15, -0.1) is 5.92 Å². The van der Waals surface area contributed by atoms with Gasteiger partial charge in [-0.05, 0) is 43.5 Å². The first-order valence-corrected chi connectivity index (χ1v) is 10.8. The van der Waals surface area contributed by atoms with Crippen molar-refractivity contribution in [2.24, 2.45) is 5.73 Å². The number of carbonyl (C=O) groups excluding carboxylic acids is 1. The molecular formula is C22H25BrN4O4. The van der Waals surface area contributed by atoms with Crippen LogP contribution in [0.4, 0.5) is 5.82 Å². The van der Waals surface area contributed by atoms with Crippen LogP contribution < -0.4 is 21.9 Å². The molecule has 1 aromatic heterocycles. The van der Waals surface area contributed by atoms with Crippen molar-refractivity contribution >= 4 is 27.7 Å². The summed E-state index contributed by atoms with van der Waals surface area (Å²) in [5.74, 6) is 5.76. The Morgan fingerprint density at radius 3 is 2.74 bits per heavy atom. The standard InChI is InChI=1S/C22H25BrN4O4/c1-3-4-10-26-19(25-9-5-6-17(24)14-25)12-20(28)27(22(26)30)13-16-11-15(21(29)31-2)7-8-18(16)23/h7-8,11-12,17H,5-6,9-10,13-14,24H2,1-2H3/t17-/m1/s1. The van der Waals surface area contributed by atoms with Gasteiger partial charge in [0.15, 0.2) is 0 Å². The summed E-state index contributed by atoms with van der Waals surface area (Å²) >= 11 is 3.43. The molecule has 164 valence electrons. The molecule has 0 amide bonds. The van der Waals surface area contributed by atoms with E-state index in [1.54, 1.807) is 25.1 Å². The van der Waals surface area contributed by atoms with E-state index in [0.29, 0.717) is 28.0 Å². The number of methoxy groups -OCH3 is 1. The third-order valence-corrected chi connectivity index (χ3v) is 6.02. The lowest BCUT2D eigenvalue weighted by Gasteiger charge is -2.33. The van der Waals surface area contributed by atoms with E-state index in [9.17, 15) is 14.4 Å². The largest absolute Gasteiger partial charge is 0.465 e. The summed E-state index contributed by atoms with van der Waals surface area (Å²) < 4.78 is 8.10. The highest BCUT2D eigenvalue weighted by atomic mass is 79.9. The predicted octanol–water partition coefficient (Wildman–Crippen LogP) is 1.56. The van der Waals surface area contributed by atoms with Crippen LogP contribution in [0.15, 0.2) is 38.3 Å². The molecule has 3 rings (SSSR count). The molecule has 9 heteroatoms. The first-order valence-electron chi connectivity index (χ1n) is 9.97. The van der Waals surface area contributed by atoms with Gasteiger partial charge < -0.3 is 15.4 Å². The fourth-order valence-corrected chi connectivity index (χ4v) is 4.02. The summed E-state index contributed by atoms with van der Waals surface area (Å²) in [5, 5.41) is 0. The van der Waals surface area contributed by atoms with Crippen LogP contribution in [-0.2, 0) is 17.8 Å². The third kappa shape index (κ3) is 5.09. The number of hydrogen-bond donors (Lipinski definition) is 1. The van der Waals surface area contributed by atoms with Crippen LogP contribution in [-0.4, -0.2) is 41.3 Å². The van der Waals surface area contributed by atoms with Crippen molar-refractivity contribution in [3.8, 4) is 11.8 Å². The maximum Gasteiger partial charge on any atom is 0.337 e. The van der Waals surface area contributed by atoms with Crippen LogP contribution in [0.3, 0.4) is 0 Å². The molecule has 0 saturated carbocycles. The molecular weight excluding hydrogens is 464 g/mol. The van der Waals surface area contributed by atoms with Crippen molar-refractivity contribution < 1.29 is 9.53 Å². The van der Waals surface area contributed by atoms with Gasteiger partial charge in [-0.3, -0.25) is 13.9 Å². The summed E-state index contributed by atoms with van der Waals surface area (Å²) in [4.78, 5) is 40.1. The SMILES string of the molecule is CC#CCn1c(N2CCC[C@@H](N)C2)cc(=O)n(Cc2cc(C(=O)OC)ccc2Br)c1=O. The number of nitrogens with two attached hydrogens (primary N) is 1. The number of piperidine rings is 1. The molecule has 1 aliphatic heterocycles. The topological polar surface area (TPSA) is 99.6 Å². The van der Waals surface area contributed by atoms with Gasteiger partial charge in [0, 0.05) is 29.7 Å². The Labute approximate surface area is 188 Å². The number of carbonyl (C=O) groups is 1. The van der Waals surface area contributed by atoms with Gasteiger partial charge in [0.25, 0.3) is 5.56 Å². The molecule has 0 radical (unpaired) electrons. The van der Waals surface area contributed by atoms with Gasteiger partial charge in [0.2, 0.25) is 0 Å². The van der Waals surface area contributed by atoms with E-state index in [-0.39, 0.29) is 19.1 Å². The quantitative estimate of drug-likeness (QED) is 0.506. The minimum absolute atomic E-state index is 0.00241. The molecule has 1 aliphatic rings. The number of halogens is 1. The minimum atomic E-state index is -0.492. The van der Waals surface area contributed by atoms with E-state index < -0.39 is 17.2 Å². The zero-order chi connectivity index (χ0) is 22.5. The van der Waals surface area contributed by atoms with Crippen LogP contribution >= 0.6 is 15.9 Å². The van der Waals surface area contributed by atoms with Crippen LogP contribution in [0.2, 0.25) is 0 Å². The Morgan fingerprint density at radius 2 is 2.06 bits per heavy atom. The van der Waals surface area contributed by atoms with Crippen LogP contribution in [0.25, 0.3) is 0 Å². The molecule has 2 N–H and O–H groups in total.